The maximum atomic E-state index is 14.9. The normalized spacial score (nSPS) is 13.9. The zero-order valence-corrected chi connectivity index (χ0v) is 22.5. The highest BCUT2D eigenvalue weighted by molar-refractivity contribution is 5.98. The van der Waals surface area contributed by atoms with Gasteiger partial charge in [-0.25, -0.2) is 4.39 Å². The molecule has 0 spiro atoms. The SMILES string of the molecule is CC1CCN(c2ccc(C(=O)Cc3ccc(Nc4ccc(CC(=O)c5ccn(C)c5)cc4)c(F)c3)cc2)CC1. The van der Waals surface area contributed by atoms with E-state index in [9.17, 15) is 14.0 Å². The number of halogens is 1. The van der Waals surface area contributed by atoms with Crippen LogP contribution in [-0.2, 0) is 19.9 Å². The van der Waals surface area contributed by atoms with Crippen LogP contribution in [0.4, 0.5) is 21.5 Å². The van der Waals surface area contributed by atoms with Gasteiger partial charge in [0, 0.05) is 67.9 Å². The number of Topliss-reactive ketones (excluding diaryl/α,β-unsaturated/α-hetero) is 2. The van der Waals surface area contributed by atoms with E-state index in [1.165, 1.54) is 18.9 Å². The summed E-state index contributed by atoms with van der Waals surface area (Å²) in [6, 6.07) is 21.8. The Hall–Kier alpha value is -4.19. The molecule has 0 amide bonds. The van der Waals surface area contributed by atoms with Crippen molar-refractivity contribution in [1.82, 2.24) is 4.57 Å². The number of aromatic nitrogens is 1. The van der Waals surface area contributed by atoms with E-state index < -0.39 is 5.82 Å². The van der Waals surface area contributed by atoms with E-state index in [2.05, 4.69) is 17.1 Å². The lowest BCUT2D eigenvalue weighted by atomic mass is 9.98. The second-order valence-corrected chi connectivity index (χ2v) is 10.6. The Morgan fingerprint density at radius 1 is 0.846 bits per heavy atom. The molecule has 5 nitrogen and oxygen atoms in total. The van der Waals surface area contributed by atoms with E-state index in [1.54, 1.807) is 12.1 Å². The fourth-order valence-corrected chi connectivity index (χ4v) is 5.00. The molecule has 3 aromatic carbocycles. The minimum atomic E-state index is -0.418. The van der Waals surface area contributed by atoms with Crippen LogP contribution >= 0.6 is 0 Å². The van der Waals surface area contributed by atoms with Gasteiger partial charge in [0.05, 0.1) is 5.69 Å². The number of carbonyl (C=O) groups excluding carboxylic acids is 2. The lowest BCUT2D eigenvalue weighted by Crippen LogP contribution is -2.32. The van der Waals surface area contributed by atoms with Crippen molar-refractivity contribution in [1.29, 1.82) is 0 Å². The molecule has 1 N–H and O–H groups in total. The molecule has 39 heavy (non-hydrogen) atoms. The van der Waals surface area contributed by atoms with Gasteiger partial charge in [0.25, 0.3) is 0 Å². The minimum Gasteiger partial charge on any atom is -0.372 e. The summed E-state index contributed by atoms with van der Waals surface area (Å²) in [5.74, 6) is 0.375. The van der Waals surface area contributed by atoms with E-state index in [-0.39, 0.29) is 18.0 Å². The van der Waals surface area contributed by atoms with E-state index in [1.807, 2.05) is 78.6 Å². The molecule has 1 aliphatic rings. The third-order valence-corrected chi connectivity index (χ3v) is 7.49. The summed E-state index contributed by atoms with van der Waals surface area (Å²) >= 11 is 0. The van der Waals surface area contributed by atoms with Crippen LogP contribution in [0.2, 0.25) is 0 Å². The second-order valence-electron chi connectivity index (χ2n) is 10.6. The predicted molar refractivity (Wildman–Crippen MR) is 155 cm³/mol. The average molecular weight is 524 g/mol. The van der Waals surface area contributed by atoms with Crippen molar-refractivity contribution in [2.45, 2.75) is 32.6 Å². The first-order valence-electron chi connectivity index (χ1n) is 13.5. The van der Waals surface area contributed by atoms with Crippen LogP contribution < -0.4 is 10.2 Å². The van der Waals surface area contributed by atoms with Gasteiger partial charge >= 0.3 is 0 Å². The van der Waals surface area contributed by atoms with Crippen LogP contribution in [0.5, 0.6) is 0 Å². The zero-order valence-electron chi connectivity index (χ0n) is 22.5. The largest absolute Gasteiger partial charge is 0.372 e. The van der Waals surface area contributed by atoms with Crippen molar-refractivity contribution in [3.63, 3.8) is 0 Å². The van der Waals surface area contributed by atoms with Gasteiger partial charge in [-0.1, -0.05) is 25.1 Å². The number of aryl methyl sites for hydroxylation is 1. The Morgan fingerprint density at radius 3 is 2.13 bits per heavy atom. The molecule has 6 heteroatoms. The topological polar surface area (TPSA) is 54.3 Å². The van der Waals surface area contributed by atoms with Gasteiger partial charge in [0.15, 0.2) is 11.6 Å². The summed E-state index contributed by atoms with van der Waals surface area (Å²) in [5.41, 5.74) is 5.04. The third-order valence-electron chi connectivity index (χ3n) is 7.49. The fourth-order valence-electron chi connectivity index (χ4n) is 5.00. The van der Waals surface area contributed by atoms with Gasteiger partial charge in [-0.05, 0) is 84.5 Å². The molecular formula is C33H34FN3O2. The van der Waals surface area contributed by atoms with Gasteiger partial charge in [0.2, 0.25) is 0 Å². The van der Waals surface area contributed by atoms with Crippen molar-refractivity contribution >= 4 is 28.6 Å². The Labute approximate surface area is 229 Å². The highest BCUT2D eigenvalue weighted by Gasteiger charge is 2.17. The number of piperidine rings is 1. The number of hydrogen-bond acceptors (Lipinski definition) is 4. The number of nitrogens with one attached hydrogen (secondary N) is 1. The second kappa shape index (κ2) is 11.7. The molecule has 0 aliphatic carbocycles. The molecule has 1 aliphatic heterocycles. The smallest absolute Gasteiger partial charge is 0.168 e. The van der Waals surface area contributed by atoms with Gasteiger partial charge in [-0.15, -0.1) is 0 Å². The lowest BCUT2D eigenvalue weighted by molar-refractivity contribution is 0.0984. The molecule has 0 bridgehead atoms. The van der Waals surface area contributed by atoms with Crippen molar-refractivity contribution in [3.05, 3.63) is 113 Å². The van der Waals surface area contributed by atoms with Crippen molar-refractivity contribution < 1.29 is 14.0 Å². The molecule has 0 radical (unpaired) electrons. The Morgan fingerprint density at radius 2 is 1.49 bits per heavy atom. The van der Waals surface area contributed by atoms with E-state index in [4.69, 9.17) is 0 Å². The van der Waals surface area contributed by atoms with Crippen molar-refractivity contribution in [3.8, 4) is 0 Å². The molecule has 0 unspecified atom stereocenters. The van der Waals surface area contributed by atoms with E-state index in [0.29, 0.717) is 28.8 Å². The lowest BCUT2D eigenvalue weighted by Gasteiger charge is -2.32. The Bertz CT molecular complexity index is 1450. The number of hydrogen-bond donors (Lipinski definition) is 1. The van der Waals surface area contributed by atoms with Crippen LogP contribution in [0.3, 0.4) is 0 Å². The van der Waals surface area contributed by atoms with Gasteiger partial charge in [0.1, 0.15) is 5.82 Å². The summed E-state index contributed by atoms with van der Waals surface area (Å²) < 4.78 is 16.7. The van der Waals surface area contributed by atoms with Crippen LogP contribution in [0.1, 0.15) is 51.6 Å². The summed E-state index contributed by atoms with van der Waals surface area (Å²) in [6.45, 7) is 4.39. The molecular weight excluding hydrogens is 489 g/mol. The number of ketones is 2. The molecule has 0 atom stereocenters. The molecule has 2 heterocycles. The highest BCUT2D eigenvalue weighted by Crippen LogP contribution is 2.25. The maximum absolute atomic E-state index is 14.9. The number of anilines is 3. The molecule has 1 saturated heterocycles. The summed E-state index contributed by atoms with van der Waals surface area (Å²) in [4.78, 5) is 27.7. The summed E-state index contributed by atoms with van der Waals surface area (Å²) in [7, 11) is 1.88. The molecule has 200 valence electrons. The zero-order chi connectivity index (χ0) is 27.4. The fraction of sp³-hybridized carbons (Fsp3) is 0.273. The Balaban J connectivity index is 1.16. The first-order chi connectivity index (χ1) is 18.8. The predicted octanol–water partition coefficient (Wildman–Crippen LogP) is 6.99. The van der Waals surface area contributed by atoms with Gasteiger partial charge in [-0.3, -0.25) is 9.59 Å². The van der Waals surface area contributed by atoms with Crippen LogP contribution in [0, 0.1) is 11.7 Å². The van der Waals surface area contributed by atoms with E-state index in [0.717, 1.165) is 35.9 Å². The van der Waals surface area contributed by atoms with Crippen molar-refractivity contribution in [2.24, 2.45) is 13.0 Å². The highest BCUT2D eigenvalue weighted by atomic mass is 19.1. The monoisotopic (exact) mass is 523 g/mol. The van der Waals surface area contributed by atoms with Crippen LogP contribution in [-0.4, -0.2) is 29.2 Å². The first kappa shape index (κ1) is 26.4. The van der Waals surface area contributed by atoms with Crippen LogP contribution in [0.25, 0.3) is 0 Å². The van der Waals surface area contributed by atoms with Gasteiger partial charge in [-0.2, -0.15) is 0 Å². The minimum absolute atomic E-state index is 0.0328. The molecule has 1 fully saturated rings. The average Bonchev–Trinajstić information content (AvgIpc) is 3.38. The summed E-state index contributed by atoms with van der Waals surface area (Å²) in [5, 5.41) is 3.09. The number of carbonyl (C=O) groups is 2. The standard InChI is InChI=1S/C33H34FN3O2/c1-23-13-17-37(18-14-23)29-10-6-26(7-11-29)32(38)21-25-5-12-31(30(34)19-25)35-28-8-3-24(4-9-28)20-33(39)27-15-16-36(2)22-27/h3-12,15-16,19,22-23,35H,13-14,17-18,20-21H2,1-2H3. The molecule has 5 rings (SSSR count). The molecule has 0 saturated carbocycles. The van der Waals surface area contributed by atoms with Crippen LogP contribution in [0.15, 0.2) is 85.2 Å². The Kier molecular flexibility index (Phi) is 7.92. The van der Waals surface area contributed by atoms with E-state index >= 15 is 0 Å². The maximum Gasteiger partial charge on any atom is 0.168 e. The number of rotatable bonds is 9. The summed E-state index contributed by atoms with van der Waals surface area (Å²) in [6.07, 6.45) is 6.49. The van der Waals surface area contributed by atoms with Gasteiger partial charge < -0.3 is 14.8 Å². The molecule has 4 aromatic rings. The van der Waals surface area contributed by atoms with Crippen molar-refractivity contribution in [2.75, 3.05) is 23.3 Å². The quantitative estimate of drug-likeness (QED) is 0.240. The molecule has 1 aromatic heterocycles. The first-order valence-corrected chi connectivity index (χ1v) is 13.5. The number of benzene rings is 3. The number of nitrogens with zero attached hydrogens (tertiary/aromatic N) is 2. The third kappa shape index (κ3) is 6.63.